The maximum absolute atomic E-state index is 13.3. The third-order valence-corrected chi connectivity index (χ3v) is 13.5. The average Bonchev–Trinajstić information content (AvgIpc) is 3.09. The normalized spacial score (nSPS) is 21.4. The molecule has 9 nitrogen and oxygen atoms in total. The van der Waals surface area contributed by atoms with Crippen LogP contribution < -0.4 is 10.4 Å². The molecule has 1 heterocycles. The van der Waals surface area contributed by atoms with Gasteiger partial charge in [0.2, 0.25) is 0 Å². The van der Waals surface area contributed by atoms with Gasteiger partial charge in [0.1, 0.15) is 24.4 Å². The van der Waals surface area contributed by atoms with Crippen LogP contribution in [0.1, 0.15) is 36.7 Å². The highest BCUT2D eigenvalue weighted by atomic mass is 28.4. The number of carbonyl (C=O) groups excluding carboxylic acids is 1. The number of carbonyl (C=O) groups is 1. The van der Waals surface area contributed by atoms with Crippen LogP contribution in [0.5, 0.6) is 0 Å². The Bertz CT molecular complexity index is 1580. The Hall–Kier alpha value is -4.28. The first-order valence-electron chi connectivity index (χ1n) is 15.8. The van der Waals surface area contributed by atoms with Gasteiger partial charge < -0.3 is 23.7 Å². The second-order valence-corrected chi connectivity index (χ2v) is 16.9. The molecule has 0 aliphatic carbocycles. The minimum Gasteiger partial charge on any atom is -0.455 e. The number of esters is 1. The number of aliphatic hydroxyl groups excluding tert-OH is 1. The van der Waals surface area contributed by atoms with Crippen LogP contribution in [0.25, 0.3) is 10.4 Å². The largest absolute Gasteiger partial charge is 0.455 e. The molecule has 0 amide bonds. The Balaban J connectivity index is 1.48. The second kappa shape index (κ2) is 15.5. The molecule has 5 atom stereocenters. The highest BCUT2D eigenvalue weighted by molar-refractivity contribution is 6.99. The van der Waals surface area contributed by atoms with Crippen LogP contribution in [0.4, 0.5) is 0 Å². The Kier molecular flexibility index (Phi) is 11.3. The van der Waals surface area contributed by atoms with Crippen molar-refractivity contribution in [3.05, 3.63) is 143 Å². The lowest BCUT2D eigenvalue weighted by atomic mass is 9.97. The van der Waals surface area contributed by atoms with Gasteiger partial charge in [-0.05, 0) is 45.1 Å². The zero-order valence-corrected chi connectivity index (χ0v) is 27.9. The van der Waals surface area contributed by atoms with E-state index in [9.17, 15) is 15.4 Å². The highest BCUT2D eigenvalue weighted by Crippen LogP contribution is 2.38. The number of rotatable bonds is 12. The number of hydrogen-bond acceptors (Lipinski definition) is 7. The Morgan fingerprint density at radius 2 is 1.40 bits per heavy atom. The van der Waals surface area contributed by atoms with Gasteiger partial charge in [-0.3, -0.25) is 0 Å². The van der Waals surface area contributed by atoms with Crippen molar-refractivity contribution >= 4 is 24.7 Å². The minimum absolute atomic E-state index is 0.0324. The molecular weight excluding hydrogens is 611 g/mol. The zero-order chi connectivity index (χ0) is 33.3. The Morgan fingerprint density at radius 3 is 1.94 bits per heavy atom. The van der Waals surface area contributed by atoms with Crippen LogP contribution in [0.15, 0.2) is 126 Å². The third kappa shape index (κ3) is 7.82. The van der Waals surface area contributed by atoms with Crippen LogP contribution in [0.3, 0.4) is 0 Å². The van der Waals surface area contributed by atoms with Crippen molar-refractivity contribution in [3.63, 3.8) is 0 Å². The first-order valence-corrected chi connectivity index (χ1v) is 17.7. The fourth-order valence-electron chi connectivity index (χ4n) is 6.17. The standard InChI is InChI=1S/C37H41N3O6Si/c1-37(2,3)47(29-20-12-6-13-21-29,30-22-14-7-15-23-30)44-26-31-33(41)34(46-35(42)28-18-10-5-11-19-28)32(39-40-38)36(45-31)43-25-24-27-16-8-4-9-17-27/h4-23,31-34,36,41H,24-26H2,1-3H3/t31-,32-,33-,34-,36+/m1/s1. The summed E-state index contributed by atoms with van der Waals surface area (Å²) in [5.74, 6) is -0.663. The molecule has 4 aromatic rings. The van der Waals surface area contributed by atoms with Gasteiger partial charge in [-0.2, -0.15) is 0 Å². The average molecular weight is 652 g/mol. The third-order valence-electron chi connectivity index (χ3n) is 8.48. The molecule has 5 rings (SSSR count). The summed E-state index contributed by atoms with van der Waals surface area (Å²) in [4.78, 5) is 16.3. The predicted molar refractivity (Wildman–Crippen MR) is 183 cm³/mol. The first-order chi connectivity index (χ1) is 22.7. The van der Waals surface area contributed by atoms with Gasteiger partial charge in [-0.1, -0.05) is 135 Å². The smallest absolute Gasteiger partial charge is 0.338 e. The van der Waals surface area contributed by atoms with E-state index < -0.39 is 44.9 Å². The summed E-state index contributed by atoms with van der Waals surface area (Å²) in [5.41, 5.74) is 10.9. The van der Waals surface area contributed by atoms with Crippen molar-refractivity contribution in [2.45, 2.75) is 62.9 Å². The van der Waals surface area contributed by atoms with Gasteiger partial charge in [0.15, 0.2) is 6.29 Å². The lowest BCUT2D eigenvalue weighted by Crippen LogP contribution is -2.68. The number of aliphatic hydroxyl groups is 1. The zero-order valence-electron chi connectivity index (χ0n) is 26.9. The van der Waals surface area contributed by atoms with E-state index in [2.05, 4.69) is 55.1 Å². The highest BCUT2D eigenvalue weighted by Gasteiger charge is 2.53. The van der Waals surface area contributed by atoms with Crippen molar-refractivity contribution in [1.82, 2.24) is 0 Å². The molecule has 1 aliphatic rings. The van der Waals surface area contributed by atoms with Gasteiger partial charge in [0.25, 0.3) is 8.32 Å². The van der Waals surface area contributed by atoms with E-state index in [4.69, 9.17) is 18.6 Å². The summed E-state index contributed by atoms with van der Waals surface area (Å²) in [6.07, 6.45) is -4.16. The van der Waals surface area contributed by atoms with Gasteiger partial charge in [-0.15, -0.1) is 0 Å². The number of ether oxygens (including phenoxy) is 3. The Labute approximate surface area is 276 Å². The number of benzene rings is 4. The molecule has 0 saturated carbocycles. The summed E-state index contributed by atoms with van der Waals surface area (Å²) < 4.78 is 25.5. The van der Waals surface area contributed by atoms with E-state index in [-0.39, 0.29) is 18.3 Å². The topological polar surface area (TPSA) is 123 Å². The lowest BCUT2D eigenvalue weighted by Gasteiger charge is -2.46. The van der Waals surface area contributed by atoms with Crippen molar-refractivity contribution in [3.8, 4) is 0 Å². The molecule has 0 unspecified atom stereocenters. The van der Waals surface area contributed by atoms with E-state index in [1.807, 2.05) is 66.7 Å². The molecule has 244 valence electrons. The predicted octanol–water partition coefficient (Wildman–Crippen LogP) is 5.81. The summed E-state index contributed by atoms with van der Waals surface area (Å²) in [7, 11) is -3.01. The fourth-order valence-corrected chi connectivity index (χ4v) is 10.7. The summed E-state index contributed by atoms with van der Waals surface area (Å²) in [5, 5.41) is 17.5. The molecule has 47 heavy (non-hydrogen) atoms. The van der Waals surface area contributed by atoms with Crippen LogP contribution in [-0.2, 0) is 25.1 Å². The maximum atomic E-state index is 13.3. The molecular formula is C37H41N3O6Si. The molecule has 1 aliphatic heterocycles. The van der Waals surface area contributed by atoms with Gasteiger partial charge >= 0.3 is 5.97 Å². The SMILES string of the molecule is CC(C)(C)[Si](OC[C@H]1O[C@H](OCCc2ccccc2)[C@H](N=[N+]=[N-])[C@@H](OC(=O)c2ccccc2)[C@@H]1O)(c1ccccc1)c1ccccc1. The van der Waals surface area contributed by atoms with E-state index >= 15 is 0 Å². The number of nitrogens with zero attached hydrogens (tertiary/aromatic N) is 3. The van der Waals surface area contributed by atoms with E-state index in [0.29, 0.717) is 12.0 Å². The lowest BCUT2D eigenvalue weighted by molar-refractivity contribution is -0.263. The molecule has 0 spiro atoms. The molecule has 0 radical (unpaired) electrons. The van der Waals surface area contributed by atoms with E-state index in [0.717, 1.165) is 15.9 Å². The number of azide groups is 1. The van der Waals surface area contributed by atoms with Gasteiger partial charge in [-0.25, -0.2) is 4.79 Å². The first kappa shape index (κ1) is 34.1. The summed E-state index contributed by atoms with van der Waals surface area (Å²) in [6.45, 7) is 6.69. The monoisotopic (exact) mass is 651 g/mol. The molecule has 4 aromatic carbocycles. The molecule has 10 heteroatoms. The van der Waals surface area contributed by atoms with Gasteiger partial charge in [0.05, 0.1) is 18.8 Å². The fraction of sp³-hybridized carbons (Fsp3) is 0.324. The van der Waals surface area contributed by atoms with Crippen LogP contribution >= 0.6 is 0 Å². The van der Waals surface area contributed by atoms with Crippen LogP contribution in [0.2, 0.25) is 5.04 Å². The summed E-state index contributed by atoms with van der Waals surface area (Å²) >= 11 is 0. The number of hydrogen-bond donors (Lipinski definition) is 1. The molecule has 1 fully saturated rings. The molecule has 1 N–H and O–H groups in total. The van der Waals surface area contributed by atoms with E-state index in [1.165, 1.54) is 0 Å². The second-order valence-electron chi connectivity index (χ2n) is 12.5. The summed E-state index contributed by atoms with van der Waals surface area (Å²) in [6, 6.07) is 37.4. The van der Waals surface area contributed by atoms with Crippen molar-refractivity contribution in [2.75, 3.05) is 13.2 Å². The minimum atomic E-state index is -3.01. The molecule has 0 aromatic heterocycles. The maximum Gasteiger partial charge on any atom is 0.338 e. The van der Waals surface area contributed by atoms with E-state index in [1.54, 1.807) is 30.3 Å². The van der Waals surface area contributed by atoms with Gasteiger partial charge in [0, 0.05) is 4.91 Å². The van der Waals surface area contributed by atoms with Crippen LogP contribution in [-0.4, -0.2) is 63.3 Å². The van der Waals surface area contributed by atoms with Crippen molar-refractivity contribution < 1.29 is 28.5 Å². The Morgan fingerprint density at radius 1 is 0.872 bits per heavy atom. The van der Waals surface area contributed by atoms with Crippen molar-refractivity contribution in [1.29, 1.82) is 0 Å². The quantitative estimate of drug-likeness (QED) is 0.0678. The van der Waals surface area contributed by atoms with Crippen LogP contribution in [0, 0.1) is 0 Å². The van der Waals surface area contributed by atoms with Crippen molar-refractivity contribution in [2.24, 2.45) is 5.11 Å². The molecule has 0 bridgehead atoms. The molecule has 1 saturated heterocycles.